The van der Waals surface area contributed by atoms with Gasteiger partial charge in [0.15, 0.2) is 0 Å². The maximum atomic E-state index is 5.59. The lowest BCUT2D eigenvalue weighted by Crippen LogP contribution is -2.29. The lowest BCUT2D eigenvalue weighted by Gasteiger charge is -2.32. The largest absolute Gasteiger partial charge is 0.496 e. The molecule has 2 bridgehead atoms. The van der Waals surface area contributed by atoms with Gasteiger partial charge in [-0.3, -0.25) is 0 Å². The molecule has 1 aromatic rings. The molecule has 2 aliphatic carbocycles. The number of hydrogen-bond acceptors (Lipinski definition) is 3. The molecule has 4 unspecified atom stereocenters. The van der Waals surface area contributed by atoms with Crippen LogP contribution in [-0.2, 0) is 0 Å². The molecule has 2 aliphatic rings. The molecular weight excluding hydrogens is 250 g/mol. The van der Waals surface area contributed by atoms with E-state index in [-0.39, 0.29) is 0 Å². The van der Waals surface area contributed by atoms with Crippen LogP contribution in [-0.4, -0.2) is 21.3 Å². The van der Waals surface area contributed by atoms with Crippen molar-refractivity contribution in [3.63, 3.8) is 0 Å². The Kier molecular flexibility index (Phi) is 3.88. The van der Waals surface area contributed by atoms with Crippen molar-refractivity contribution in [1.82, 2.24) is 5.32 Å². The van der Waals surface area contributed by atoms with Crippen molar-refractivity contribution in [3.8, 4) is 11.5 Å². The van der Waals surface area contributed by atoms with Gasteiger partial charge in [0, 0.05) is 6.04 Å². The second-order valence-corrected chi connectivity index (χ2v) is 6.18. The number of ether oxygens (including phenoxy) is 2. The van der Waals surface area contributed by atoms with Gasteiger partial charge in [0.25, 0.3) is 0 Å². The number of fused-ring (bicyclic) bond motifs is 2. The van der Waals surface area contributed by atoms with E-state index in [2.05, 4.69) is 12.4 Å². The third-order valence-corrected chi connectivity index (χ3v) is 5.31. The van der Waals surface area contributed by atoms with E-state index in [9.17, 15) is 0 Å². The molecule has 2 fully saturated rings. The van der Waals surface area contributed by atoms with Gasteiger partial charge in [-0.25, -0.2) is 0 Å². The van der Waals surface area contributed by atoms with Gasteiger partial charge in [-0.15, -0.1) is 0 Å². The zero-order valence-electron chi connectivity index (χ0n) is 12.7. The molecule has 4 atom stereocenters. The van der Waals surface area contributed by atoms with Gasteiger partial charge >= 0.3 is 0 Å². The predicted octanol–water partition coefficient (Wildman–Crippen LogP) is 3.40. The molecule has 3 heteroatoms. The lowest BCUT2D eigenvalue weighted by molar-refractivity contribution is 0.249. The fourth-order valence-corrected chi connectivity index (χ4v) is 4.46. The highest BCUT2D eigenvalue weighted by Gasteiger charge is 2.44. The minimum Gasteiger partial charge on any atom is -0.496 e. The van der Waals surface area contributed by atoms with Crippen LogP contribution in [0.1, 0.15) is 37.3 Å². The summed E-state index contributed by atoms with van der Waals surface area (Å²) < 4.78 is 11.2. The fraction of sp³-hybridized carbons (Fsp3) is 0.647. The van der Waals surface area contributed by atoms with Crippen molar-refractivity contribution in [2.45, 2.75) is 31.7 Å². The summed E-state index contributed by atoms with van der Waals surface area (Å²) in [4.78, 5) is 0. The molecule has 0 spiro atoms. The third-order valence-electron chi connectivity index (χ3n) is 5.31. The minimum absolute atomic E-state index is 0.330. The van der Waals surface area contributed by atoms with Crippen LogP contribution in [0.3, 0.4) is 0 Å². The molecule has 0 aliphatic heterocycles. The molecule has 20 heavy (non-hydrogen) atoms. The molecule has 1 aromatic carbocycles. The summed E-state index contributed by atoms with van der Waals surface area (Å²) in [5.74, 6) is 4.40. The summed E-state index contributed by atoms with van der Waals surface area (Å²) in [6.45, 7) is 0. The molecule has 0 radical (unpaired) electrons. The minimum atomic E-state index is 0.330. The van der Waals surface area contributed by atoms with E-state index < -0.39 is 0 Å². The number of rotatable bonds is 5. The van der Waals surface area contributed by atoms with Crippen LogP contribution in [0.5, 0.6) is 11.5 Å². The van der Waals surface area contributed by atoms with Gasteiger partial charge in [-0.05, 0) is 56.2 Å². The number of benzene rings is 1. The van der Waals surface area contributed by atoms with Crippen molar-refractivity contribution in [2.24, 2.45) is 17.8 Å². The summed E-state index contributed by atoms with van der Waals surface area (Å²) in [6, 6.07) is 6.40. The highest BCUT2D eigenvalue weighted by Crippen LogP contribution is 2.54. The summed E-state index contributed by atoms with van der Waals surface area (Å²) in [5, 5.41) is 3.53. The molecule has 3 rings (SSSR count). The predicted molar refractivity (Wildman–Crippen MR) is 80.3 cm³/mol. The van der Waals surface area contributed by atoms with Crippen LogP contribution in [0.4, 0.5) is 0 Å². The van der Waals surface area contributed by atoms with Crippen LogP contribution >= 0.6 is 0 Å². The summed E-state index contributed by atoms with van der Waals surface area (Å²) >= 11 is 0. The van der Waals surface area contributed by atoms with E-state index in [1.165, 1.54) is 31.2 Å². The first-order chi connectivity index (χ1) is 9.78. The third kappa shape index (κ3) is 2.18. The summed E-state index contributed by atoms with van der Waals surface area (Å²) in [7, 11) is 5.54. The molecule has 3 nitrogen and oxygen atoms in total. The first-order valence-corrected chi connectivity index (χ1v) is 7.66. The van der Waals surface area contributed by atoms with Gasteiger partial charge in [0.05, 0.1) is 19.8 Å². The number of hydrogen-bond donors (Lipinski definition) is 1. The topological polar surface area (TPSA) is 30.5 Å². The van der Waals surface area contributed by atoms with Crippen LogP contribution in [0.15, 0.2) is 18.2 Å². The monoisotopic (exact) mass is 275 g/mol. The Balaban J connectivity index is 1.96. The average Bonchev–Trinajstić information content (AvgIpc) is 3.11. The molecule has 110 valence electrons. The lowest BCUT2D eigenvalue weighted by atomic mass is 9.80. The Morgan fingerprint density at radius 1 is 1.10 bits per heavy atom. The van der Waals surface area contributed by atoms with Crippen molar-refractivity contribution in [1.29, 1.82) is 0 Å². The second-order valence-electron chi connectivity index (χ2n) is 6.18. The molecule has 1 N–H and O–H groups in total. The first-order valence-electron chi connectivity index (χ1n) is 7.66. The van der Waals surface area contributed by atoms with Crippen molar-refractivity contribution >= 4 is 0 Å². The van der Waals surface area contributed by atoms with E-state index >= 15 is 0 Å². The Hall–Kier alpha value is -1.22. The van der Waals surface area contributed by atoms with Gasteiger partial charge in [0.1, 0.15) is 11.5 Å². The van der Waals surface area contributed by atoms with E-state index in [0.717, 1.165) is 23.3 Å². The Bertz CT molecular complexity index is 452. The normalized spacial score (nSPS) is 29.4. The SMILES string of the molecule is CNC(c1c(OC)cccc1OC)C1CC2CCC1C2. The average molecular weight is 275 g/mol. The highest BCUT2D eigenvalue weighted by atomic mass is 16.5. The zero-order valence-corrected chi connectivity index (χ0v) is 12.7. The maximum absolute atomic E-state index is 5.59. The van der Waals surface area contributed by atoms with Gasteiger partial charge in [0.2, 0.25) is 0 Å². The number of methoxy groups -OCH3 is 2. The fourth-order valence-electron chi connectivity index (χ4n) is 4.46. The molecule has 0 aromatic heterocycles. The Morgan fingerprint density at radius 2 is 1.80 bits per heavy atom. The van der Waals surface area contributed by atoms with Crippen LogP contribution < -0.4 is 14.8 Å². The highest BCUT2D eigenvalue weighted by molar-refractivity contribution is 5.47. The zero-order chi connectivity index (χ0) is 14.1. The molecule has 2 saturated carbocycles. The Labute approximate surface area is 121 Å². The molecule has 0 heterocycles. The standard InChI is InChI=1S/C17H25NO2/c1-18-17(13-10-11-7-8-12(13)9-11)16-14(19-2)5-4-6-15(16)20-3/h4-6,11-13,17-18H,7-10H2,1-3H3. The summed E-state index contributed by atoms with van der Waals surface area (Å²) in [6.07, 6.45) is 5.59. The van der Waals surface area contributed by atoms with E-state index in [0.29, 0.717) is 12.0 Å². The van der Waals surface area contributed by atoms with Crippen LogP contribution in [0, 0.1) is 17.8 Å². The van der Waals surface area contributed by atoms with E-state index in [1.807, 2.05) is 18.2 Å². The number of nitrogens with one attached hydrogen (secondary N) is 1. The Morgan fingerprint density at radius 3 is 2.25 bits per heavy atom. The first kappa shape index (κ1) is 13.7. The van der Waals surface area contributed by atoms with Crippen LogP contribution in [0.2, 0.25) is 0 Å². The van der Waals surface area contributed by atoms with Crippen molar-refractivity contribution < 1.29 is 9.47 Å². The maximum Gasteiger partial charge on any atom is 0.127 e. The van der Waals surface area contributed by atoms with E-state index in [1.54, 1.807) is 14.2 Å². The molecule has 0 saturated heterocycles. The smallest absolute Gasteiger partial charge is 0.127 e. The summed E-state index contributed by atoms with van der Waals surface area (Å²) in [5.41, 5.74) is 1.19. The van der Waals surface area contributed by atoms with Gasteiger partial charge < -0.3 is 14.8 Å². The van der Waals surface area contributed by atoms with Crippen molar-refractivity contribution in [3.05, 3.63) is 23.8 Å². The van der Waals surface area contributed by atoms with Crippen LogP contribution in [0.25, 0.3) is 0 Å². The van der Waals surface area contributed by atoms with Gasteiger partial charge in [-0.2, -0.15) is 0 Å². The van der Waals surface area contributed by atoms with E-state index in [4.69, 9.17) is 9.47 Å². The molecule has 0 amide bonds. The molecular formula is C17H25NO2. The van der Waals surface area contributed by atoms with Crippen molar-refractivity contribution in [2.75, 3.05) is 21.3 Å². The quantitative estimate of drug-likeness (QED) is 0.893. The second kappa shape index (κ2) is 5.65. The van der Waals surface area contributed by atoms with Gasteiger partial charge in [-0.1, -0.05) is 12.5 Å².